The van der Waals surface area contributed by atoms with Crippen LogP contribution in [-0.2, 0) is 0 Å². The molecule has 0 spiro atoms. The molecule has 1 aromatic rings. The number of rotatable bonds is 4. The van der Waals surface area contributed by atoms with Crippen molar-refractivity contribution in [3.05, 3.63) is 41.9 Å². The summed E-state index contributed by atoms with van der Waals surface area (Å²) in [4.78, 5) is 13.1. The van der Waals surface area contributed by atoms with E-state index in [1.54, 1.807) is 26.2 Å². The molecule has 0 aromatic heterocycles. The van der Waals surface area contributed by atoms with Gasteiger partial charge in [0.15, 0.2) is 5.83 Å². The van der Waals surface area contributed by atoms with E-state index in [-0.39, 0.29) is 0 Å². The molecule has 0 radical (unpaired) electrons. The summed E-state index contributed by atoms with van der Waals surface area (Å²) in [7, 11) is 4.84. The Labute approximate surface area is 94.1 Å². The molecule has 3 nitrogen and oxygen atoms in total. The fraction of sp³-hybridized carbons (Fsp3) is 0.250. The quantitative estimate of drug-likeness (QED) is 0.579. The van der Waals surface area contributed by atoms with Gasteiger partial charge in [0.1, 0.15) is 5.75 Å². The lowest BCUT2D eigenvalue weighted by molar-refractivity contribution is 0.100. The number of Topliss-reactive ketones (excluding diaryl/α,β-unsaturated/α-hetero) is 1. The van der Waals surface area contributed by atoms with Gasteiger partial charge in [-0.15, -0.1) is 0 Å². The number of allylic oxidation sites excluding steroid dienone is 1. The van der Waals surface area contributed by atoms with Crippen LogP contribution in [0, 0.1) is 0 Å². The summed E-state index contributed by atoms with van der Waals surface area (Å²) in [5.74, 6) is -0.778. The summed E-state index contributed by atoms with van der Waals surface area (Å²) >= 11 is 0. The van der Waals surface area contributed by atoms with E-state index in [2.05, 4.69) is 0 Å². The van der Waals surface area contributed by atoms with Crippen molar-refractivity contribution in [2.75, 3.05) is 21.2 Å². The molecule has 0 N–H and O–H groups in total. The van der Waals surface area contributed by atoms with Gasteiger partial charge in [-0.05, 0) is 24.3 Å². The zero-order chi connectivity index (χ0) is 12.1. The molecule has 0 aliphatic carbocycles. The minimum absolute atomic E-state index is 0.302. The second kappa shape index (κ2) is 5.30. The molecule has 0 heterocycles. The first-order valence-corrected chi connectivity index (χ1v) is 4.77. The van der Waals surface area contributed by atoms with Crippen molar-refractivity contribution in [2.45, 2.75) is 0 Å². The van der Waals surface area contributed by atoms with E-state index in [1.165, 1.54) is 24.1 Å². The van der Waals surface area contributed by atoms with Crippen molar-refractivity contribution in [1.82, 2.24) is 4.90 Å². The third kappa shape index (κ3) is 3.08. The third-order valence-electron chi connectivity index (χ3n) is 1.94. The van der Waals surface area contributed by atoms with E-state index < -0.39 is 11.6 Å². The van der Waals surface area contributed by atoms with Crippen LogP contribution in [0.15, 0.2) is 36.3 Å². The highest BCUT2D eigenvalue weighted by Crippen LogP contribution is 2.15. The number of halogens is 1. The zero-order valence-corrected chi connectivity index (χ0v) is 9.53. The number of methoxy groups -OCH3 is 1. The first-order chi connectivity index (χ1) is 7.54. The fourth-order valence-electron chi connectivity index (χ4n) is 1.17. The Hall–Kier alpha value is -1.84. The Balaban J connectivity index is 2.88. The Morgan fingerprint density at radius 1 is 1.31 bits per heavy atom. The average molecular weight is 223 g/mol. The van der Waals surface area contributed by atoms with Gasteiger partial charge in [-0.2, -0.15) is 0 Å². The number of ketones is 1. The van der Waals surface area contributed by atoms with Gasteiger partial charge in [0.05, 0.1) is 7.11 Å². The zero-order valence-electron chi connectivity index (χ0n) is 9.53. The highest BCUT2D eigenvalue weighted by Gasteiger charge is 2.11. The second-order valence-electron chi connectivity index (χ2n) is 3.50. The monoisotopic (exact) mass is 223 g/mol. The number of hydrogen-bond acceptors (Lipinski definition) is 3. The average Bonchev–Trinajstić information content (AvgIpc) is 2.27. The first-order valence-electron chi connectivity index (χ1n) is 4.77. The molecule has 0 aliphatic heterocycles. The molecular weight excluding hydrogens is 209 g/mol. The van der Waals surface area contributed by atoms with Gasteiger partial charge in [-0.25, -0.2) is 4.39 Å². The maximum Gasteiger partial charge on any atom is 0.222 e. The molecule has 1 rings (SSSR count). The molecule has 1 aromatic carbocycles. The van der Waals surface area contributed by atoms with Crippen molar-refractivity contribution in [1.29, 1.82) is 0 Å². The molecule has 0 saturated carbocycles. The number of carbonyl (C=O) groups is 1. The van der Waals surface area contributed by atoms with Crippen molar-refractivity contribution < 1.29 is 13.9 Å². The minimum atomic E-state index is -0.782. The van der Waals surface area contributed by atoms with E-state index >= 15 is 0 Å². The summed E-state index contributed by atoms with van der Waals surface area (Å²) < 4.78 is 18.3. The van der Waals surface area contributed by atoms with E-state index in [9.17, 15) is 9.18 Å². The lowest BCUT2D eigenvalue weighted by Crippen LogP contribution is -2.07. The van der Waals surface area contributed by atoms with Crippen LogP contribution in [-0.4, -0.2) is 31.9 Å². The lowest BCUT2D eigenvalue weighted by atomic mass is 10.1. The van der Waals surface area contributed by atoms with Gasteiger partial charge in [0.25, 0.3) is 0 Å². The standard InChI is InChI=1S/C12H14FNO2/c1-14(2)8-11(13)12(15)9-4-6-10(16-3)7-5-9/h4-8H,1-3H3. The highest BCUT2D eigenvalue weighted by molar-refractivity contribution is 6.07. The molecule has 0 aliphatic rings. The summed E-state index contributed by atoms with van der Waals surface area (Å²) in [6.07, 6.45) is 1.15. The number of benzene rings is 1. The molecule has 0 amide bonds. The van der Waals surface area contributed by atoms with Gasteiger partial charge < -0.3 is 9.64 Å². The summed E-state index contributed by atoms with van der Waals surface area (Å²) in [6.45, 7) is 0. The van der Waals surface area contributed by atoms with Crippen LogP contribution in [0.2, 0.25) is 0 Å². The van der Waals surface area contributed by atoms with Crippen molar-refractivity contribution in [2.24, 2.45) is 0 Å². The molecular formula is C12H14FNO2. The summed E-state index contributed by atoms with van der Waals surface area (Å²) in [5, 5.41) is 0. The molecule has 0 fully saturated rings. The largest absolute Gasteiger partial charge is 0.497 e. The maximum absolute atomic E-state index is 13.4. The second-order valence-corrected chi connectivity index (χ2v) is 3.50. The Morgan fingerprint density at radius 3 is 2.31 bits per heavy atom. The van der Waals surface area contributed by atoms with Crippen LogP contribution in [0.4, 0.5) is 4.39 Å². The molecule has 86 valence electrons. The normalized spacial score (nSPS) is 11.1. The topological polar surface area (TPSA) is 29.5 Å². The Morgan fingerprint density at radius 2 is 1.88 bits per heavy atom. The molecule has 16 heavy (non-hydrogen) atoms. The third-order valence-corrected chi connectivity index (χ3v) is 1.94. The van der Waals surface area contributed by atoms with Crippen LogP contribution < -0.4 is 4.74 Å². The number of nitrogens with zero attached hydrogens (tertiary/aromatic N) is 1. The van der Waals surface area contributed by atoms with Crippen LogP contribution >= 0.6 is 0 Å². The van der Waals surface area contributed by atoms with Gasteiger partial charge in [-0.1, -0.05) is 0 Å². The summed E-state index contributed by atoms with van der Waals surface area (Å²) in [5.41, 5.74) is 0.302. The van der Waals surface area contributed by atoms with Crippen molar-refractivity contribution in [3.8, 4) is 5.75 Å². The molecule has 4 heteroatoms. The van der Waals surface area contributed by atoms with Crippen LogP contribution in [0.1, 0.15) is 10.4 Å². The summed E-state index contributed by atoms with van der Waals surface area (Å²) in [6, 6.07) is 6.31. The molecule has 0 bridgehead atoms. The van der Waals surface area contributed by atoms with E-state index in [4.69, 9.17) is 4.74 Å². The molecule has 0 saturated heterocycles. The van der Waals surface area contributed by atoms with Crippen molar-refractivity contribution in [3.63, 3.8) is 0 Å². The Kier molecular flexibility index (Phi) is 4.05. The molecule has 0 unspecified atom stereocenters. The van der Waals surface area contributed by atoms with Crippen molar-refractivity contribution >= 4 is 5.78 Å². The van der Waals surface area contributed by atoms with Crippen LogP contribution in [0.3, 0.4) is 0 Å². The maximum atomic E-state index is 13.4. The minimum Gasteiger partial charge on any atom is -0.497 e. The predicted molar refractivity (Wildman–Crippen MR) is 60.2 cm³/mol. The number of ether oxygens (including phenoxy) is 1. The highest BCUT2D eigenvalue weighted by atomic mass is 19.1. The molecule has 0 atom stereocenters. The van der Waals surface area contributed by atoms with Gasteiger partial charge in [-0.3, -0.25) is 4.79 Å². The van der Waals surface area contributed by atoms with Crippen LogP contribution in [0.5, 0.6) is 5.75 Å². The van der Waals surface area contributed by atoms with E-state index in [1.807, 2.05) is 0 Å². The smallest absolute Gasteiger partial charge is 0.222 e. The predicted octanol–water partition coefficient (Wildman–Crippen LogP) is 2.25. The van der Waals surface area contributed by atoms with Gasteiger partial charge >= 0.3 is 0 Å². The number of hydrogen-bond donors (Lipinski definition) is 0. The Bertz CT molecular complexity index is 396. The van der Waals surface area contributed by atoms with Gasteiger partial charge in [0, 0.05) is 25.9 Å². The first kappa shape index (κ1) is 12.2. The van der Waals surface area contributed by atoms with E-state index in [0.29, 0.717) is 11.3 Å². The van der Waals surface area contributed by atoms with Crippen LogP contribution in [0.25, 0.3) is 0 Å². The van der Waals surface area contributed by atoms with E-state index in [0.717, 1.165) is 6.20 Å². The number of carbonyl (C=O) groups excluding carboxylic acids is 1. The lowest BCUT2D eigenvalue weighted by Gasteiger charge is -2.05. The van der Waals surface area contributed by atoms with Gasteiger partial charge in [0.2, 0.25) is 5.78 Å². The SMILES string of the molecule is COc1ccc(C(=O)C(F)=CN(C)C)cc1. The fourth-order valence-corrected chi connectivity index (χ4v) is 1.17.